The second-order valence-corrected chi connectivity index (χ2v) is 16.2. The Morgan fingerprint density at radius 2 is 1.12 bits per heavy atom. The van der Waals surface area contributed by atoms with Crippen LogP contribution >= 0.6 is 0 Å². The molecule has 0 aliphatic heterocycles. The summed E-state index contributed by atoms with van der Waals surface area (Å²) in [6, 6.07) is 55.2. The molecule has 2 aliphatic carbocycles. The Labute approximate surface area is 331 Å². The standard InChI is InChI=1S/C52H46N4/c1-3-36-28-38-27-35(2)31-52(32-36,33-38)44-25-26-46(48(30-44)43-18-12-13-37(29-43)34-53)40-21-23-42(24-22-40)50-54-49(41-16-8-5-9-17-41)55-51(56-50)47-20-11-10-19-45(47)39-14-6-4-7-15-39/h4-26,29-30,35-36,38H,3,27-28,31-33H2,1-2H3/t35-,36+,38-,52?/m0/s1. The van der Waals surface area contributed by atoms with E-state index in [1.807, 2.05) is 60.7 Å². The van der Waals surface area contributed by atoms with E-state index in [0.29, 0.717) is 23.0 Å². The molecule has 2 bridgehead atoms. The fourth-order valence-electron chi connectivity index (χ4n) is 9.97. The number of hydrogen-bond acceptors (Lipinski definition) is 4. The molecule has 2 aliphatic rings. The first-order valence-electron chi connectivity index (χ1n) is 20.2. The highest BCUT2D eigenvalue weighted by Gasteiger charge is 2.46. The van der Waals surface area contributed by atoms with E-state index in [9.17, 15) is 5.26 Å². The van der Waals surface area contributed by atoms with Crippen LogP contribution in [0.4, 0.5) is 0 Å². The molecular weight excluding hydrogens is 681 g/mol. The normalized spacial score (nSPS) is 20.3. The van der Waals surface area contributed by atoms with Gasteiger partial charge in [-0.1, -0.05) is 154 Å². The van der Waals surface area contributed by atoms with Crippen molar-refractivity contribution in [1.82, 2.24) is 15.0 Å². The number of nitrogens with zero attached hydrogens (tertiary/aromatic N) is 4. The van der Waals surface area contributed by atoms with E-state index < -0.39 is 0 Å². The Morgan fingerprint density at radius 3 is 1.84 bits per heavy atom. The predicted molar refractivity (Wildman–Crippen MR) is 228 cm³/mol. The molecule has 274 valence electrons. The zero-order valence-corrected chi connectivity index (χ0v) is 32.2. The molecule has 9 rings (SSSR count). The average Bonchev–Trinajstić information content (AvgIpc) is 3.26. The number of rotatable bonds is 8. The average molecular weight is 727 g/mol. The summed E-state index contributed by atoms with van der Waals surface area (Å²) < 4.78 is 0. The Bertz CT molecular complexity index is 2530. The van der Waals surface area contributed by atoms with Crippen LogP contribution in [0.5, 0.6) is 0 Å². The predicted octanol–water partition coefficient (Wildman–Crippen LogP) is 13.2. The van der Waals surface area contributed by atoms with Crippen LogP contribution in [0.2, 0.25) is 0 Å². The second-order valence-electron chi connectivity index (χ2n) is 16.2. The lowest BCUT2D eigenvalue weighted by atomic mass is 9.54. The van der Waals surface area contributed by atoms with E-state index >= 15 is 0 Å². The summed E-state index contributed by atoms with van der Waals surface area (Å²) in [6.07, 6.45) is 7.79. The van der Waals surface area contributed by atoms with Crippen LogP contribution < -0.4 is 0 Å². The van der Waals surface area contributed by atoms with Gasteiger partial charge in [-0.3, -0.25) is 0 Å². The van der Waals surface area contributed by atoms with Crippen LogP contribution in [0.1, 0.15) is 63.5 Å². The minimum absolute atomic E-state index is 0.206. The molecular formula is C52H46N4. The van der Waals surface area contributed by atoms with Crippen LogP contribution in [-0.2, 0) is 5.41 Å². The lowest BCUT2D eigenvalue weighted by Gasteiger charge is -2.51. The highest BCUT2D eigenvalue weighted by Crippen LogP contribution is 2.55. The fourth-order valence-corrected chi connectivity index (χ4v) is 9.97. The monoisotopic (exact) mass is 726 g/mol. The molecule has 1 heterocycles. The largest absolute Gasteiger partial charge is 0.208 e. The maximum atomic E-state index is 9.89. The van der Waals surface area contributed by atoms with Gasteiger partial charge in [0, 0.05) is 16.7 Å². The summed E-state index contributed by atoms with van der Waals surface area (Å²) >= 11 is 0. The van der Waals surface area contributed by atoms with E-state index in [1.165, 1.54) is 49.7 Å². The number of nitriles is 1. The molecule has 0 spiro atoms. The summed E-state index contributed by atoms with van der Waals surface area (Å²) in [5.41, 5.74) is 11.9. The maximum Gasteiger partial charge on any atom is 0.164 e. The van der Waals surface area contributed by atoms with Crippen LogP contribution in [0, 0.1) is 29.1 Å². The molecule has 2 saturated carbocycles. The minimum Gasteiger partial charge on any atom is -0.208 e. The summed E-state index contributed by atoms with van der Waals surface area (Å²) in [6.45, 7) is 4.83. The van der Waals surface area contributed by atoms with Crippen molar-refractivity contribution >= 4 is 0 Å². The lowest BCUT2D eigenvalue weighted by molar-refractivity contribution is 0.0703. The van der Waals surface area contributed by atoms with Gasteiger partial charge in [-0.25, -0.2) is 15.0 Å². The van der Waals surface area contributed by atoms with Crippen LogP contribution in [0.15, 0.2) is 152 Å². The summed E-state index contributed by atoms with van der Waals surface area (Å²) in [5, 5.41) is 9.89. The molecule has 56 heavy (non-hydrogen) atoms. The van der Waals surface area contributed by atoms with Crippen molar-refractivity contribution in [2.24, 2.45) is 17.8 Å². The van der Waals surface area contributed by atoms with Gasteiger partial charge in [-0.05, 0) is 112 Å². The third-order valence-electron chi connectivity index (χ3n) is 12.4. The fraction of sp³-hybridized carbons (Fsp3) is 0.231. The first kappa shape index (κ1) is 35.5. The Hall–Kier alpha value is -6.18. The summed E-state index contributed by atoms with van der Waals surface area (Å²) in [7, 11) is 0. The van der Waals surface area contributed by atoms with E-state index in [1.54, 1.807) is 0 Å². The maximum absolute atomic E-state index is 9.89. The zero-order chi connectivity index (χ0) is 38.1. The molecule has 6 aromatic carbocycles. The zero-order valence-electron chi connectivity index (χ0n) is 32.2. The number of benzene rings is 6. The second kappa shape index (κ2) is 15.2. The van der Waals surface area contributed by atoms with Gasteiger partial charge in [0.25, 0.3) is 0 Å². The SMILES string of the molecule is CC[C@@H]1C[C@@H]2C[C@H](C)CC(c3ccc(-c4ccc(-c5nc(-c6ccccc6)nc(-c6ccccc6-c6ccccc6)n5)cc4)c(-c4cccc(C#N)c4)c3)(C1)C2. The molecule has 4 atom stereocenters. The molecule has 0 radical (unpaired) electrons. The van der Waals surface area contributed by atoms with Gasteiger partial charge in [0.05, 0.1) is 11.6 Å². The molecule has 0 saturated heterocycles. The number of fused-ring (bicyclic) bond motifs is 2. The van der Waals surface area contributed by atoms with Gasteiger partial charge in [0.15, 0.2) is 17.5 Å². The van der Waals surface area contributed by atoms with Gasteiger partial charge < -0.3 is 0 Å². The van der Waals surface area contributed by atoms with Crippen molar-refractivity contribution in [3.63, 3.8) is 0 Å². The molecule has 0 N–H and O–H groups in total. The van der Waals surface area contributed by atoms with Gasteiger partial charge in [0.1, 0.15) is 0 Å². The molecule has 4 heteroatoms. The van der Waals surface area contributed by atoms with Crippen molar-refractivity contribution in [2.75, 3.05) is 0 Å². The van der Waals surface area contributed by atoms with E-state index in [-0.39, 0.29) is 5.41 Å². The highest BCUT2D eigenvalue weighted by atomic mass is 15.0. The van der Waals surface area contributed by atoms with E-state index in [2.05, 4.69) is 111 Å². The van der Waals surface area contributed by atoms with Crippen LogP contribution in [-0.4, -0.2) is 15.0 Å². The number of aromatic nitrogens is 3. The van der Waals surface area contributed by atoms with E-state index in [4.69, 9.17) is 15.0 Å². The first-order chi connectivity index (χ1) is 27.5. The highest BCUT2D eigenvalue weighted by molar-refractivity contribution is 5.86. The van der Waals surface area contributed by atoms with Crippen molar-refractivity contribution in [3.8, 4) is 73.6 Å². The number of hydrogen-bond donors (Lipinski definition) is 0. The Kier molecular flexibility index (Phi) is 9.61. The van der Waals surface area contributed by atoms with Crippen molar-refractivity contribution < 1.29 is 0 Å². The Morgan fingerprint density at radius 1 is 0.536 bits per heavy atom. The third kappa shape index (κ3) is 6.95. The van der Waals surface area contributed by atoms with E-state index in [0.717, 1.165) is 62.3 Å². The molecule has 0 amide bonds. The molecule has 2 fully saturated rings. The topological polar surface area (TPSA) is 62.5 Å². The molecule has 1 unspecified atom stereocenters. The molecule has 4 nitrogen and oxygen atoms in total. The quantitative estimate of drug-likeness (QED) is 0.156. The molecule has 1 aromatic heterocycles. The van der Waals surface area contributed by atoms with Gasteiger partial charge >= 0.3 is 0 Å². The van der Waals surface area contributed by atoms with Gasteiger partial charge in [0.2, 0.25) is 0 Å². The van der Waals surface area contributed by atoms with Crippen molar-refractivity contribution in [2.45, 2.75) is 57.8 Å². The Balaban J connectivity index is 1.14. The molecule has 7 aromatic rings. The third-order valence-corrected chi connectivity index (χ3v) is 12.4. The summed E-state index contributed by atoms with van der Waals surface area (Å²) in [5.74, 6) is 4.22. The van der Waals surface area contributed by atoms with Crippen LogP contribution in [0.25, 0.3) is 67.5 Å². The smallest absolute Gasteiger partial charge is 0.164 e. The summed E-state index contributed by atoms with van der Waals surface area (Å²) in [4.78, 5) is 15.2. The first-order valence-corrected chi connectivity index (χ1v) is 20.2. The van der Waals surface area contributed by atoms with Gasteiger partial charge in [-0.2, -0.15) is 5.26 Å². The van der Waals surface area contributed by atoms with Crippen LogP contribution in [0.3, 0.4) is 0 Å². The van der Waals surface area contributed by atoms with Crippen molar-refractivity contribution in [1.29, 1.82) is 5.26 Å². The van der Waals surface area contributed by atoms with Crippen molar-refractivity contribution in [3.05, 3.63) is 163 Å². The lowest BCUT2D eigenvalue weighted by Crippen LogP contribution is -2.42. The minimum atomic E-state index is 0.206. The van der Waals surface area contributed by atoms with Gasteiger partial charge in [-0.15, -0.1) is 0 Å².